The molecule has 1 atom stereocenters. The maximum absolute atomic E-state index is 5.50. The zero-order chi connectivity index (χ0) is 20.4. The van der Waals surface area contributed by atoms with Crippen LogP contribution in [0.3, 0.4) is 0 Å². The Morgan fingerprint density at radius 1 is 1.21 bits per heavy atom. The molecule has 0 spiro atoms. The molecule has 1 aromatic carbocycles. The number of ether oxygens (including phenoxy) is 1. The highest BCUT2D eigenvalue weighted by atomic mass is 127. The fraction of sp³-hybridized carbons (Fsp3) is 0.682. The van der Waals surface area contributed by atoms with Gasteiger partial charge in [-0.1, -0.05) is 45.0 Å². The molecule has 0 aromatic heterocycles. The minimum Gasteiger partial charge on any atom is -0.379 e. The molecule has 1 unspecified atom stereocenters. The molecule has 7 heteroatoms. The van der Waals surface area contributed by atoms with E-state index in [9.17, 15) is 0 Å². The molecule has 0 saturated carbocycles. The van der Waals surface area contributed by atoms with Crippen molar-refractivity contribution in [1.82, 2.24) is 20.4 Å². The number of hydrogen-bond donors (Lipinski definition) is 2. The summed E-state index contributed by atoms with van der Waals surface area (Å²) in [5.74, 6) is 1.44. The monoisotopic (exact) mass is 517 g/mol. The molecular weight excluding hydrogens is 477 g/mol. The Morgan fingerprint density at radius 2 is 1.90 bits per heavy atom. The number of nitrogens with one attached hydrogen (secondary N) is 2. The van der Waals surface area contributed by atoms with Crippen LogP contribution in [0.2, 0.25) is 0 Å². The quantitative estimate of drug-likeness (QED) is 0.300. The summed E-state index contributed by atoms with van der Waals surface area (Å²) in [5.41, 5.74) is 2.62. The SMILES string of the molecule is CCN(C)Cc1cccc(CNC(=NC)NCC(C(C)C)N2CCOCC2)c1.I. The van der Waals surface area contributed by atoms with Crippen molar-refractivity contribution in [3.8, 4) is 0 Å². The van der Waals surface area contributed by atoms with E-state index in [0.29, 0.717) is 12.0 Å². The third-order valence-electron chi connectivity index (χ3n) is 5.43. The summed E-state index contributed by atoms with van der Waals surface area (Å²) in [5, 5.41) is 6.98. The van der Waals surface area contributed by atoms with Gasteiger partial charge in [-0.3, -0.25) is 9.89 Å². The summed E-state index contributed by atoms with van der Waals surface area (Å²) in [7, 11) is 3.98. The Balaban J connectivity index is 0.00000420. The Bertz CT molecular complexity index is 605. The number of guanidine groups is 1. The third-order valence-corrected chi connectivity index (χ3v) is 5.43. The molecule has 1 fully saturated rings. The Labute approximate surface area is 194 Å². The van der Waals surface area contributed by atoms with Crippen LogP contribution in [-0.4, -0.2) is 75.3 Å². The minimum atomic E-state index is 0. The summed E-state index contributed by atoms with van der Waals surface area (Å²) in [6, 6.07) is 9.25. The van der Waals surface area contributed by atoms with Gasteiger partial charge in [-0.25, -0.2) is 0 Å². The van der Waals surface area contributed by atoms with Crippen LogP contribution in [0.4, 0.5) is 0 Å². The van der Waals surface area contributed by atoms with Crippen LogP contribution in [0.15, 0.2) is 29.3 Å². The van der Waals surface area contributed by atoms with E-state index in [1.165, 1.54) is 11.1 Å². The first-order valence-corrected chi connectivity index (χ1v) is 10.6. The van der Waals surface area contributed by atoms with Crippen LogP contribution in [-0.2, 0) is 17.8 Å². The third kappa shape index (κ3) is 9.19. The topological polar surface area (TPSA) is 52.1 Å². The molecule has 1 aliphatic rings. The lowest BCUT2D eigenvalue weighted by Crippen LogP contribution is -2.52. The number of benzene rings is 1. The van der Waals surface area contributed by atoms with Crippen molar-refractivity contribution in [1.29, 1.82) is 0 Å². The van der Waals surface area contributed by atoms with Gasteiger partial charge in [-0.05, 0) is 30.6 Å². The molecule has 2 rings (SSSR count). The summed E-state index contributed by atoms with van der Waals surface area (Å²) < 4.78 is 5.50. The summed E-state index contributed by atoms with van der Waals surface area (Å²) in [6.45, 7) is 14.1. The van der Waals surface area contributed by atoms with E-state index in [1.54, 1.807) is 0 Å². The van der Waals surface area contributed by atoms with Crippen molar-refractivity contribution >= 4 is 29.9 Å². The van der Waals surface area contributed by atoms with Gasteiger partial charge >= 0.3 is 0 Å². The molecule has 29 heavy (non-hydrogen) atoms. The number of rotatable bonds is 9. The van der Waals surface area contributed by atoms with Crippen LogP contribution in [0.1, 0.15) is 31.9 Å². The average molecular weight is 518 g/mol. The van der Waals surface area contributed by atoms with Crippen molar-refractivity contribution in [2.75, 3.05) is 53.5 Å². The van der Waals surface area contributed by atoms with Crippen LogP contribution >= 0.6 is 24.0 Å². The van der Waals surface area contributed by atoms with E-state index in [-0.39, 0.29) is 24.0 Å². The molecule has 6 nitrogen and oxygen atoms in total. The summed E-state index contributed by atoms with van der Waals surface area (Å²) in [4.78, 5) is 9.25. The Morgan fingerprint density at radius 3 is 2.52 bits per heavy atom. The number of nitrogens with zero attached hydrogens (tertiary/aromatic N) is 3. The van der Waals surface area contributed by atoms with Crippen LogP contribution in [0.25, 0.3) is 0 Å². The molecule has 166 valence electrons. The predicted octanol–water partition coefficient (Wildman–Crippen LogP) is 2.78. The normalized spacial score (nSPS) is 16.6. The van der Waals surface area contributed by atoms with Gasteiger partial charge in [0.05, 0.1) is 13.2 Å². The zero-order valence-electron chi connectivity index (χ0n) is 18.8. The van der Waals surface area contributed by atoms with E-state index in [2.05, 4.69) is 77.5 Å². The van der Waals surface area contributed by atoms with Gasteiger partial charge in [0.2, 0.25) is 0 Å². The molecule has 0 aliphatic carbocycles. The largest absolute Gasteiger partial charge is 0.379 e. The van der Waals surface area contributed by atoms with Crippen molar-refractivity contribution in [2.45, 2.75) is 39.9 Å². The fourth-order valence-electron chi connectivity index (χ4n) is 3.56. The van der Waals surface area contributed by atoms with Gasteiger partial charge in [-0.15, -0.1) is 24.0 Å². The lowest BCUT2D eigenvalue weighted by molar-refractivity contribution is 0.00752. The highest BCUT2D eigenvalue weighted by molar-refractivity contribution is 14.0. The number of aliphatic imine (C=N–C) groups is 1. The molecule has 0 radical (unpaired) electrons. The molecule has 0 bridgehead atoms. The first-order valence-electron chi connectivity index (χ1n) is 10.6. The van der Waals surface area contributed by atoms with Crippen LogP contribution in [0.5, 0.6) is 0 Å². The average Bonchev–Trinajstić information content (AvgIpc) is 2.71. The van der Waals surface area contributed by atoms with E-state index in [4.69, 9.17) is 4.74 Å². The lowest BCUT2D eigenvalue weighted by Gasteiger charge is -2.37. The molecule has 0 amide bonds. The maximum atomic E-state index is 5.50. The van der Waals surface area contributed by atoms with Crippen molar-refractivity contribution < 1.29 is 4.74 Å². The molecule has 1 aliphatic heterocycles. The van der Waals surface area contributed by atoms with Crippen molar-refractivity contribution in [2.24, 2.45) is 10.9 Å². The Hall–Kier alpha value is -0.900. The molecule has 2 N–H and O–H groups in total. The van der Waals surface area contributed by atoms with E-state index in [0.717, 1.165) is 58.4 Å². The standard InChI is InChI=1S/C22H39N5O.HI/c1-6-26(5)17-20-9-7-8-19(14-20)15-24-22(23-4)25-16-21(18(2)3)27-10-12-28-13-11-27;/h7-9,14,18,21H,6,10-13,15-17H2,1-5H3,(H2,23,24,25);1H. The van der Waals surface area contributed by atoms with Gasteiger partial charge in [0.1, 0.15) is 0 Å². The second-order valence-electron chi connectivity index (χ2n) is 7.92. The highest BCUT2D eigenvalue weighted by Gasteiger charge is 2.23. The molecule has 1 saturated heterocycles. The second-order valence-corrected chi connectivity index (χ2v) is 7.92. The maximum Gasteiger partial charge on any atom is 0.191 e. The van der Waals surface area contributed by atoms with Crippen LogP contribution in [0, 0.1) is 5.92 Å². The van der Waals surface area contributed by atoms with Gasteiger partial charge < -0.3 is 20.3 Å². The van der Waals surface area contributed by atoms with Gasteiger partial charge in [0.25, 0.3) is 0 Å². The minimum absolute atomic E-state index is 0. The van der Waals surface area contributed by atoms with Gasteiger partial charge in [0.15, 0.2) is 5.96 Å². The van der Waals surface area contributed by atoms with E-state index < -0.39 is 0 Å². The molecule has 1 heterocycles. The summed E-state index contributed by atoms with van der Waals surface area (Å²) in [6.07, 6.45) is 0. The number of morpholine rings is 1. The molecule has 1 aromatic rings. The van der Waals surface area contributed by atoms with Crippen LogP contribution < -0.4 is 10.6 Å². The number of halogens is 1. The number of hydrogen-bond acceptors (Lipinski definition) is 4. The lowest BCUT2D eigenvalue weighted by atomic mass is 10.0. The first-order chi connectivity index (χ1) is 13.5. The highest BCUT2D eigenvalue weighted by Crippen LogP contribution is 2.12. The van der Waals surface area contributed by atoms with Gasteiger partial charge in [0, 0.05) is 45.8 Å². The van der Waals surface area contributed by atoms with Crippen molar-refractivity contribution in [3.63, 3.8) is 0 Å². The zero-order valence-corrected chi connectivity index (χ0v) is 21.1. The van der Waals surface area contributed by atoms with Crippen molar-refractivity contribution in [3.05, 3.63) is 35.4 Å². The Kier molecular flexibility index (Phi) is 12.8. The fourth-order valence-corrected chi connectivity index (χ4v) is 3.56. The predicted molar refractivity (Wildman–Crippen MR) is 133 cm³/mol. The second kappa shape index (κ2) is 14.2. The van der Waals surface area contributed by atoms with Gasteiger partial charge in [-0.2, -0.15) is 0 Å². The van der Waals surface area contributed by atoms with E-state index in [1.807, 2.05) is 7.05 Å². The first kappa shape index (κ1) is 26.1. The van der Waals surface area contributed by atoms with E-state index >= 15 is 0 Å². The summed E-state index contributed by atoms with van der Waals surface area (Å²) >= 11 is 0. The molecular formula is C22H40IN5O. The smallest absolute Gasteiger partial charge is 0.191 e.